The van der Waals surface area contributed by atoms with Crippen LogP contribution in [0.4, 0.5) is 4.39 Å². The van der Waals surface area contributed by atoms with E-state index in [9.17, 15) is 9.18 Å². The van der Waals surface area contributed by atoms with E-state index in [-0.39, 0.29) is 17.8 Å². The molecular weight excluding hydrogens is 267 g/mol. The molecule has 1 aliphatic carbocycles. The number of carbonyl (C=O) groups excluding carboxylic acids is 1. The standard InChI is InChI=1S/C17H17FN2O/c1-12(13-4-3-9-19-11-13)20-16(21)17(7-8-17)14-5-2-6-15(18)10-14/h2-6,9-12H,7-8H2,1H3,(H,20,21)/t12-/m0/s1. The largest absolute Gasteiger partial charge is 0.349 e. The van der Waals surface area contributed by atoms with Crippen molar-refractivity contribution in [1.82, 2.24) is 10.3 Å². The molecule has 1 atom stereocenters. The van der Waals surface area contributed by atoms with Gasteiger partial charge in [-0.1, -0.05) is 18.2 Å². The molecule has 108 valence electrons. The van der Waals surface area contributed by atoms with Crippen molar-refractivity contribution >= 4 is 5.91 Å². The van der Waals surface area contributed by atoms with E-state index in [1.807, 2.05) is 25.1 Å². The van der Waals surface area contributed by atoms with Crippen LogP contribution in [0.2, 0.25) is 0 Å². The third-order valence-electron chi connectivity index (χ3n) is 4.09. The van der Waals surface area contributed by atoms with E-state index < -0.39 is 5.41 Å². The Morgan fingerprint density at radius 1 is 1.33 bits per heavy atom. The Bertz CT molecular complexity index is 653. The molecule has 2 aromatic rings. The van der Waals surface area contributed by atoms with Gasteiger partial charge >= 0.3 is 0 Å². The van der Waals surface area contributed by atoms with Crippen LogP contribution in [0.15, 0.2) is 48.8 Å². The molecule has 1 aromatic carbocycles. The van der Waals surface area contributed by atoms with Crippen molar-refractivity contribution in [3.63, 3.8) is 0 Å². The minimum atomic E-state index is -0.557. The molecule has 0 aliphatic heterocycles. The average molecular weight is 284 g/mol. The Hall–Kier alpha value is -2.23. The minimum Gasteiger partial charge on any atom is -0.349 e. The zero-order chi connectivity index (χ0) is 14.9. The second kappa shape index (κ2) is 5.28. The van der Waals surface area contributed by atoms with E-state index in [0.29, 0.717) is 0 Å². The first-order chi connectivity index (χ1) is 10.1. The van der Waals surface area contributed by atoms with Crippen LogP contribution in [0, 0.1) is 5.82 Å². The van der Waals surface area contributed by atoms with Crippen LogP contribution in [-0.4, -0.2) is 10.9 Å². The number of amides is 1. The SMILES string of the molecule is C[C@H](NC(=O)C1(c2cccc(F)c2)CC1)c1cccnc1. The number of nitrogens with zero attached hydrogens (tertiary/aromatic N) is 1. The summed E-state index contributed by atoms with van der Waals surface area (Å²) in [7, 11) is 0. The van der Waals surface area contributed by atoms with Gasteiger partial charge in [-0.25, -0.2) is 4.39 Å². The van der Waals surface area contributed by atoms with Gasteiger partial charge in [0.25, 0.3) is 0 Å². The van der Waals surface area contributed by atoms with Crippen molar-refractivity contribution in [2.45, 2.75) is 31.2 Å². The van der Waals surface area contributed by atoms with Gasteiger partial charge in [-0.3, -0.25) is 9.78 Å². The molecule has 1 heterocycles. The van der Waals surface area contributed by atoms with Crippen LogP contribution >= 0.6 is 0 Å². The van der Waals surface area contributed by atoms with E-state index >= 15 is 0 Å². The Labute approximate surface area is 123 Å². The highest BCUT2D eigenvalue weighted by Gasteiger charge is 2.51. The van der Waals surface area contributed by atoms with Crippen LogP contribution in [0.1, 0.15) is 36.9 Å². The number of benzene rings is 1. The van der Waals surface area contributed by atoms with Crippen molar-refractivity contribution in [3.05, 3.63) is 65.7 Å². The van der Waals surface area contributed by atoms with E-state index in [1.165, 1.54) is 12.1 Å². The van der Waals surface area contributed by atoms with Gasteiger partial charge in [-0.15, -0.1) is 0 Å². The molecule has 1 N–H and O–H groups in total. The zero-order valence-corrected chi connectivity index (χ0v) is 11.8. The van der Waals surface area contributed by atoms with Crippen molar-refractivity contribution in [1.29, 1.82) is 0 Å². The lowest BCUT2D eigenvalue weighted by Crippen LogP contribution is -2.36. The number of halogens is 1. The highest BCUT2D eigenvalue weighted by molar-refractivity contribution is 5.91. The summed E-state index contributed by atoms with van der Waals surface area (Å²) in [5, 5.41) is 3.02. The van der Waals surface area contributed by atoms with Crippen LogP contribution in [-0.2, 0) is 10.2 Å². The number of carbonyl (C=O) groups is 1. The molecule has 0 unspecified atom stereocenters. The predicted octanol–water partition coefficient (Wildman–Crippen LogP) is 3.13. The highest BCUT2D eigenvalue weighted by Crippen LogP contribution is 2.48. The number of hydrogen-bond acceptors (Lipinski definition) is 2. The topological polar surface area (TPSA) is 42.0 Å². The summed E-state index contributed by atoms with van der Waals surface area (Å²) >= 11 is 0. The Morgan fingerprint density at radius 3 is 2.76 bits per heavy atom. The van der Waals surface area contributed by atoms with Gasteiger partial charge in [-0.05, 0) is 49.1 Å². The molecular formula is C17H17FN2O. The summed E-state index contributed by atoms with van der Waals surface area (Å²) in [6, 6.07) is 10.00. The summed E-state index contributed by atoms with van der Waals surface area (Å²) < 4.78 is 13.4. The van der Waals surface area contributed by atoms with E-state index in [2.05, 4.69) is 10.3 Å². The summed E-state index contributed by atoms with van der Waals surface area (Å²) in [6.45, 7) is 1.93. The van der Waals surface area contributed by atoms with Gasteiger partial charge < -0.3 is 5.32 Å². The Kier molecular flexibility index (Phi) is 3.45. The van der Waals surface area contributed by atoms with Crippen LogP contribution in [0.25, 0.3) is 0 Å². The van der Waals surface area contributed by atoms with Gasteiger partial charge in [0.05, 0.1) is 11.5 Å². The minimum absolute atomic E-state index is 0.0375. The van der Waals surface area contributed by atoms with Crippen LogP contribution in [0.5, 0.6) is 0 Å². The molecule has 0 radical (unpaired) electrons. The smallest absolute Gasteiger partial charge is 0.231 e. The first kappa shape index (κ1) is 13.7. The molecule has 3 rings (SSSR count). The normalized spacial score (nSPS) is 17.0. The second-order valence-corrected chi connectivity index (χ2v) is 5.57. The number of hydrogen-bond donors (Lipinski definition) is 1. The first-order valence-electron chi connectivity index (χ1n) is 7.09. The van der Waals surface area contributed by atoms with Crippen molar-refractivity contribution in [2.24, 2.45) is 0 Å². The summed E-state index contributed by atoms with van der Waals surface area (Å²) in [5.74, 6) is -0.337. The van der Waals surface area contributed by atoms with Gasteiger partial charge in [0, 0.05) is 12.4 Å². The van der Waals surface area contributed by atoms with Crippen LogP contribution < -0.4 is 5.32 Å². The lowest BCUT2D eigenvalue weighted by Gasteiger charge is -2.20. The highest BCUT2D eigenvalue weighted by atomic mass is 19.1. The fourth-order valence-electron chi connectivity index (χ4n) is 2.61. The third kappa shape index (κ3) is 2.66. The third-order valence-corrected chi connectivity index (χ3v) is 4.09. The summed E-state index contributed by atoms with van der Waals surface area (Å²) in [6.07, 6.45) is 4.98. The number of nitrogens with one attached hydrogen (secondary N) is 1. The molecule has 0 saturated heterocycles. The lowest BCUT2D eigenvalue weighted by molar-refractivity contribution is -0.124. The first-order valence-corrected chi connectivity index (χ1v) is 7.09. The van der Waals surface area contributed by atoms with E-state index in [4.69, 9.17) is 0 Å². The maximum Gasteiger partial charge on any atom is 0.231 e. The quantitative estimate of drug-likeness (QED) is 0.937. The molecule has 0 spiro atoms. The molecule has 1 aliphatic rings. The number of aromatic nitrogens is 1. The van der Waals surface area contributed by atoms with Gasteiger partial charge in [0.2, 0.25) is 5.91 Å². The number of pyridine rings is 1. The second-order valence-electron chi connectivity index (χ2n) is 5.57. The maximum absolute atomic E-state index is 13.4. The maximum atomic E-state index is 13.4. The van der Waals surface area contributed by atoms with Crippen LogP contribution in [0.3, 0.4) is 0 Å². The molecule has 4 heteroatoms. The van der Waals surface area contributed by atoms with E-state index in [1.54, 1.807) is 18.5 Å². The Morgan fingerprint density at radius 2 is 2.14 bits per heavy atom. The molecule has 1 amide bonds. The van der Waals surface area contributed by atoms with Crippen molar-refractivity contribution < 1.29 is 9.18 Å². The predicted molar refractivity (Wildman–Crippen MR) is 78.1 cm³/mol. The van der Waals surface area contributed by atoms with E-state index in [0.717, 1.165) is 24.0 Å². The molecule has 1 fully saturated rings. The zero-order valence-electron chi connectivity index (χ0n) is 11.8. The summed E-state index contributed by atoms with van der Waals surface area (Å²) in [5.41, 5.74) is 1.16. The fraction of sp³-hybridized carbons (Fsp3) is 0.294. The average Bonchev–Trinajstić information content (AvgIpc) is 3.30. The van der Waals surface area contributed by atoms with Crippen molar-refractivity contribution in [3.8, 4) is 0 Å². The Balaban J connectivity index is 1.76. The molecule has 1 saturated carbocycles. The molecule has 3 nitrogen and oxygen atoms in total. The fourth-order valence-corrected chi connectivity index (χ4v) is 2.61. The monoisotopic (exact) mass is 284 g/mol. The van der Waals surface area contributed by atoms with Gasteiger partial charge in [0.15, 0.2) is 0 Å². The number of rotatable bonds is 4. The molecule has 21 heavy (non-hydrogen) atoms. The summed E-state index contributed by atoms with van der Waals surface area (Å²) in [4.78, 5) is 16.6. The van der Waals surface area contributed by atoms with Gasteiger partial charge in [0.1, 0.15) is 5.82 Å². The lowest BCUT2D eigenvalue weighted by atomic mass is 9.94. The molecule has 1 aromatic heterocycles. The molecule has 0 bridgehead atoms. The van der Waals surface area contributed by atoms with Crippen molar-refractivity contribution in [2.75, 3.05) is 0 Å². The van der Waals surface area contributed by atoms with Gasteiger partial charge in [-0.2, -0.15) is 0 Å².